The maximum absolute atomic E-state index is 5.16. The Hall–Kier alpha value is -1.01. The Bertz CT molecular complexity index is 459. The summed E-state index contributed by atoms with van der Waals surface area (Å²) >= 11 is 2.07. The van der Waals surface area contributed by atoms with Crippen molar-refractivity contribution in [3.05, 3.63) is 12.3 Å². The topological polar surface area (TPSA) is 50.3 Å². The highest BCUT2D eigenvalue weighted by atomic mass is 32.2. The monoisotopic (exact) mass is 308 g/mol. The molecule has 0 atom stereocenters. The van der Waals surface area contributed by atoms with Crippen LogP contribution in [0.25, 0.3) is 0 Å². The van der Waals surface area contributed by atoms with Gasteiger partial charge in [0.25, 0.3) is 0 Å². The van der Waals surface area contributed by atoms with Gasteiger partial charge in [-0.25, -0.2) is 4.98 Å². The van der Waals surface area contributed by atoms with Crippen LogP contribution in [0.3, 0.4) is 0 Å². The molecule has 1 aromatic rings. The van der Waals surface area contributed by atoms with Crippen LogP contribution in [0.5, 0.6) is 5.88 Å². The van der Waals surface area contributed by atoms with Gasteiger partial charge in [-0.2, -0.15) is 16.7 Å². The largest absolute Gasteiger partial charge is 0.481 e. The Balaban J connectivity index is 1.67. The van der Waals surface area contributed by atoms with E-state index in [2.05, 4.69) is 31.9 Å². The molecule has 0 unspecified atom stereocenters. The number of thioether (sulfide) groups is 1. The molecule has 0 spiro atoms. The number of aromatic nitrogens is 2. The van der Waals surface area contributed by atoms with Crippen LogP contribution in [-0.2, 0) is 0 Å². The van der Waals surface area contributed by atoms with E-state index in [1.165, 1.54) is 50.3 Å². The Kier molecular flexibility index (Phi) is 4.85. The third-order valence-electron chi connectivity index (χ3n) is 4.63. The predicted molar refractivity (Wildman–Crippen MR) is 87.2 cm³/mol. The van der Waals surface area contributed by atoms with Gasteiger partial charge in [0.05, 0.1) is 7.11 Å². The van der Waals surface area contributed by atoms with Gasteiger partial charge in [0, 0.05) is 48.9 Å². The zero-order chi connectivity index (χ0) is 14.5. The van der Waals surface area contributed by atoms with E-state index in [-0.39, 0.29) is 0 Å². The first-order valence-corrected chi connectivity index (χ1v) is 8.92. The summed E-state index contributed by atoms with van der Waals surface area (Å²) in [4.78, 5) is 11.4. The van der Waals surface area contributed by atoms with Gasteiger partial charge in [0.15, 0.2) is 0 Å². The van der Waals surface area contributed by atoms with Crippen molar-refractivity contribution in [3.8, 4) is 5.88 Å². The predicted octanol–water partition coefficient (Wildman–Crippen LogP) is 2.26. The molecule has 0 amide bonds. The van der Waals surface area contributed by atoms with E-state index in [1.807, 2.05) is 0 Å². The fraction of sp³-hybridized carbons (Fsp3) is 0.733. The second kappa shape index (κ2) is 6.83. The summed E-state index contributed by atoms with van der Waals surface area (Å²) in [6.45, 7) is 3.36. The van der Waals surface area contributed by atoms with E-state index in [0.717, 1.165) is 6.54 Å². The van der Waals surface area contributed by atoms with Crippen molar-refractivity contribution in [2.24, 2.45) is 0 Å². The molecule has 0 radical (unpaired) electrons. The van der Waals surface area contributed by atoms with E-state index < -0.39 is 0 Å². The average Bonchev–Trinajstić information content (AvgIpc) is 3.04. The molecule has 1 saturated heterocycles. The van der Waals surface area contributed by atoms with E-state index in [0.29, 0.717) is 17.4 Å². The summed E-state index contributed by atoms with van der Waals surface area (Å²) in [7, 11) is 1.63. The van der Waals surface area contributed by atoms with E-state index in [9.17, 15) is 0 Å². The molecular weight excluding hydrogens is 284 g/mol. The van der Waals surface area contributed by atoms with Gasteiger partial charge in [-0.05, 0) is 12.8 Å². The van der Waals surface area contributed by atoms with Crippen LogP contribution in [0, 0.1) is 0 Å². The molecule has 1 aromatic heterocycles. The molecule has 1 saturated carbocycles. The van der Waals surface area contributed by atoms with Gasteiger partial charge in [-0.1, -0.05) is 12.8 Å². The Labute approximate surface area is 130 Å². The summed E-state index contributed by atoms with van der Waals surface area (Å²) in [5.74, 6) is 3.81. The molecule has 2 aliphatic rings. The lowest BCUT2D eigenvalue weighted by Crippen LogP contribution is -2.54. The second-order valence-corrected chi connectivity index (χ2v) is 7.03. The number of anilines is 1. The molecule has 0 aromatic carbocycles. The van der Waals surface area contributed by atoms with Crippen LogP contribution in [0.1, 0.15) is 25.7 Å². The molecule has 2 heterocycles. The number of ether oxygens (including phenoxy) is 1. The zero-order valence-corrected chi connectivity index (χ0v) is 13.5. The Morgan fingerprint density at radius 2 is 2.10 bits per heavy atom. The van der Waals surface area contributed by atoms with Gasteiger partial charge >= 0.3 is 0 Å². The first-order valence-electron chi connectivity index (χ1n) is 7.76. The molecule has 2 fully saturated rings. The number of rotatable bonds is 5. The van der Waals surface area contributed by atoms with Crippen LogP contribution in [-0.4, -0.2) is 58.7 Å². The lowest BCUT2D eigenvalue weighted by Gasteiger charge is -2.43. The number of nitrogens with one attached hydrogen (secondary N) is 1. The van der Waals surface area contributed by atoms with Gasteiger partial charge in [0.2, 0.25) is 11.8 Å². The van der Waals surface area contributed by atoms with Gasteiger partial charge < -0.3 is 10.1 Å². The fourth-order valence-corrected chi connectivity index (χ4v) is 4.36. The highest BCUT2D eigenvalue weighted by Crippen LogP contribution is 2.36. The van der Waals surface area contributed by atoms with Crippen molar-refractivity contribution in [2.45, 2.75) is 31.2 Å². The van der Waals surface area contributed by atoms with Crippen LogP contribution >= 0.6 is 11.8 Å². The van der Waals surface area contributed by atoms with Crippen LogP contribution in [0.4, 0.5) is 5.95 Å². The molecule has 21 heavy (non-hydrogen) atoms. The number of hydrogen-bond donors (Lipinski definition) is 1. The Morgan fingerprint density at radius 3 is 2.81 bits per heavy atom. The second-order valence-electron chi connectivity index (χ2n) is 5.81. The van der Waals surface area contributed by atoms with Crippen molar-refractivity contribution in [1.82, 2.24) is 14.9 Å². The fourth-order valence-electron chi connectivity index (χ4n) is 3.46. The summed E-state index contributed by atoms with van der Waals surface area (Å²) in [6.07, 6.45) is 6.99. The summed E-state index contributed by atoms with van der Waals surface area (Å²) < 4.78 is 5.16. The van der Waals surface area contributed by atoms with Crippen molar-refractivity contribution >= 4 is 17.7 Å². The van der Waals surface area contributed by atoms with Crippen LogP contribution in [0.15, 0.2) is 12.3 Å². The summed E-state index contributed by atoms with van der Waals surface area (Å²) in [5, 5.41) is 3.45. The molecule has 1 N–H and O–H groups in total. The molecule has 1 aliphatic carbocycles. The van der Waals surface area contributed by atoms with Gasteiger partial charge in [0.1, 0.15) is 0 Å². The lowest BCUT2D eigenvalue weighted by molar-refractivity contribution is 0.116. The lowest BCUT2D eigenvalue weighted by atomic mass is 9.94. The SMILES string of the molecule is COc1ccnc(NCC2(N3CCSCC3)CCCC2)n1. The third kappa shape index (κ3) is 3.43. The molecule has 5 nitrogen and oxygen atoms in total. The van der Waals surface area contributed by atoms with Crippen LogP contribution in [0.2, 0.25) is 0 Å². The van der Waals surface area contributed by atoms with E-state index >= 15 is 0 Å². The molecule has 116 valence electrons. The van der Waals surface area contributed by atoms with Crippen molar-refractivity contribution in [1.29, 1.82) is 0 Å². The Morgan fingerprint density at radius 1 is 1.33 bits per heavy atom. The minimum absolute atomic E-state index is 0.299. The number of hydrogen-bond acceptors (Lipinski definition) is 6. The smallest absolute Gasteiger partial charge is 0.226 e. The molecule has 1 aliphatic heterocycles. The molecular formula is C15H24N4OS. The van der Waals surface area contributed by atoms with Crippen LogP contribution < -0.4 is 10.1 Å². The minimum atomic E-state index is 0.299. The zero-order valence-electron chi connectivity index (χ0n) is 12.7. The number of methoxy groups -OCH3 is 1. The highest BCUT2D eigenvalue weighted by molar-refractivity contribution is 7.99. The highest BCUT2D eigenvalue weighted by Gasteiger charge is 2.39. The maximum atomic E-state index is 5.16. The molecule has 0 bridgehead atoms. The van der Waals surface area contributed by atoms with Gasteiger partial charge in [-0.3, -0.25) is 4.90 Å². The standard InChI is InChI=1S/C15H24N4OS/c1-20-13-4-7-16-14(18-13)17-12-15(5-2-3-6-15)19-8-10-21-11-9-19/h4,7H,2-3,5-6,8-12H2,1H3,(H,16,17,18). The van der Waals surface area contributed by atoms with Crippen molar-refractivity contribution in [3.63, 3.8) is 0 Å². The molecule has 6 heteroatoms. The average molecular weight is 308 g/mol. The maximum Gasteiger partial charge on any atom is 0.226 e. The minimum Gasteiger partial charge on any atom is -0.481 e. The van der Waals surface area contributed by atoms with E-state index in [4.69, 9.17) is 4.74 Å². The summed E-state index contributed by atoms with van der Waals surface area (Å²) in [5.41, 5.74) is 0.299. The van der Waals surface area contributed by atoms with E-state index in [1.54, 1.807) is 19.4 Å². The van der Waals surface area contributed by atoms with Crippen molar-refractivity contribution in [2.75, 3.05) is 43.6 Å². The first-order chi connectivity index (χ1) is 10.3. The summed E-state index contributed by atoms with van der Waals surface area (Å²) in [6, 6.07) is 1.78. The number of nitrogens with zero attached hydrogens (tertiary/aromatic N) is 3. The quantitative estimate of drug-likeness (QED) is 0.900. The van der Waals surface area contributed by atoms with Crippen molar-refractivity contribution < 1.29 is 4.74 Å². The first kappa shape index (κ1) is 14.9. The third-order valence-corrected chi connectivity index (χ3v) is 5.57. The van der Waals surface area contributed by atoms with Gasteiger partial charge in [-0.15, -0.1) is 0 Å². The normalized spacial score (nSPS) is 22.1. The molecule has 3 rings (SSSR count).